The van der Waals surface area contributed by atoms with E-state index in [1.807, 2.05) is 0 Å². The molecule has 4 amide bonds. The molecule has 4 heterocycles. The Bertz CT molecular complexity index is 2630. The highest BCUT2D eigenvalue weighted by Crippen LogP contribution is 2.48. The van der Waals surface area contributed by atoms with Crippen molar-refractivity contribution < 1.29 is 73.1 Å². The van der Waals surface area contributed by atoms with Crippen LogP contribution in [0.1, 0.15) is 94.4 Å². The first kappa shape index (κ1) is 60.3. The van der Waals surface area contributed by atoms with Gasteiger partial charge in [-0.1, -0.05) is 80.8 Å². The number of halogens is 3. The molecule has 2 aromatic rings. The summed E-state index contributed by atoms with van der Waals surface area (Å²) in [4.78, 5) is 62.1. The highest BCUT2D eigenvalue weighted by atomic mass is 32.2. The number of hydrogen-bond donors (Lipinski definition) is 0. The van der Waals surface area contributed by atoms with Crippen molar-refractivity contribution in [1.29, 1.82) is 0 Å². The summed E-state index contributed by atoms with van der Waals surface area (Å²) in [6, 6.07) is 5.77. The van der Waals surface area contributed by atoms with Gasteiger partial charge in [0.05, 0.1) is 42.8 Å². The van der Waals surface area contributed by atoms with Gasteiger partial charge in [-0.05, 0) is 66.2 Å². The lowest BCUT2D eigenvalue weighted by atomic mass is 10.1. The zero-order valence-corrected chi connectivity index (χ0v) is 50.0. The van der Waals surface area contributed by atoms with Crippen molar-refractivity contribution in [1.82, 2.24) is 9.80 Å². The Hall–Kier alpha value is -4.89. The number of carbonyl (C=O) groups excluding carboxylic acids is 4. The largest absolute Gasteiger partial charge is 0.540 e. The minimum atomic E-state index is -6.11. The molecule has 2 aromatic carbocycles. The monoisotopic (exact) mass is 1140 g/mol. The van der Waals surface area contributed by atoms with Gasteiger partial charge >= 0.3 is 15.6 Å². The highest BCUT2D eigenvalue weighted by molar-refractivity contribution is 7.87. The molecule has 0 unspecified atom stereocenters. The Kier molecular flexibility index (Phi) is 19.1. The van der Waals surface area contributed by atoms with E-state index in [0.717, 1.165) is 23.2 Å². The third kappa shape index (κ3) is 13.5. The molecule has 17 nitrogen and oxygen atoms in total. The SMILES string of the molecule is COc1cc2c(cc1OCCCCCOc1cc3c(cc1O[Si](C(C)C)(C(C)C)C(C)C)C(=O)N1C=C(OS(=O)(=O)C(F)(F)F)C[C@H]1C(=O)N3COCC[Si](C)(C)C)N(COCC[Si](C)(C)C)C(=O)[C@@H]1C[C]=CN1C2=O. The Labute approximate surface area is 449 Å². The van der Waals surface area contributed by atoms with Crippen LogP contribution in [0.15, 0.2) is 42.4 Å². The first-order valence-electron chi connectivity index (χ1n) is 26.0. The van der Waals surface area contributed by atoms with Crippen LogP contribution >= 0.6 is 0 Å². The summed E-state index contributed by atoms with van der Waals surface area (Å²) in [6.07, 6.45) is 6.71. The number of ether oxygens (including phenoxy) is 5. The first-order chi connectivity index (χ1) is 35.4. The maximum absolute atomic E-state index is 14.7. The van der Waals surface area contributed by atoms with Crippen molar-refractivity contribution in [3.63, 3.8) is 0 Å². The highest BCUT2D eigenvalue weighted by Gasteiger charge is 2.52. The number of alkyl halides is 3. The van der Waals surface area contributed by atoms with Gasteiger partial charge in [-0.15, -0.1) is 0 Å². The fourth-order valence-electron chi connectivity index (χ4n) is 9.95. The van der Waals surface area contributed by atoms with Crippen molar-refractivity contribution in [3.05, 3.63) is 59.6 Å². The number of amides is 4. The molecule has 0 aromatic heterocycles. The molecule has 1 radical (unpaired) electrons. The maximum Gasteiger partial charge on any atom is 0.534 e. The van der Waals surface area contributed by atoms with Gasteiger partial charge in [0.1, 0.15) is 37.1 Å². The van der Waals surface area contributed by atoms with E-state index in [4.69, 9.17) is 28.1 Å². The fraction of sp³-hybridized carbons (Fsp3) is 0.615. The normalized spacial score (nSPS) is 18.3. The van der Waals surface area contributed by atoms with Crippen molar-refractivity contribution in [3.8, 4) is 23.0 Å². The van der Waals surface area contributed by atoms with E-state index < -0.39 is 76.2 Å². The van der Waals surface area contributed by atoms with E-state index in [1.165, 1.54) is 34.1 Å². The molecule has 2 atom stereocenters. The van der Waals surface area contributed by atoms with Crippen LogP contribution in [-0.2, 0) is 33.4 Å². The smallest absolute Gasteiger partial charge is 0.534 e. The molecule has 4 aliphatic heterocycles. The summed E-state index contributed by atoms with van der Waals surface area (Å²) >= 11 is 0. The molecule has 0 saturated carbocycles. The van der Waals surface area contributed by atoms with E-state index in [0.29, 0.717) is 43.1 Å². The predicted molar refractivity (Wildman–Crippen MR) is 290 cm³/mol. The number of hydrogen-bond acceptors (Lipinski definition) is 13. The molecule has 6 rings (SSSR count). The zero-order valence-electron chi connectivity index (χ0n) is 46.2. The summed E-state index contributed by atoms with van der Waals surface area (Å²) in [5.41, 5.74) is -4.78. The number of methoxy groups -OCH3 is 1. The van der Waals surface area contributed by atoms with E-state index in [2.05, 4.69) is 91.1 Å². The minimum absolute atomic E-state index is 0.0326. The average Bonchev–Trinajstić information content (AvgIpc) is 3.96. The summed E-state index contributed by atoms with van der Waals surface area (Å²) in [6.45, 7) is 26.6. The number of unbranched alkanes of at least 4 members (excludes halogenated alkanes) is 2. The van der Waals surface area contributed by atoms with E-state index in [-0.39, 0.29) is 96.5 Å². The van der Waals surface area contributed by atoms with E-state index in [1.54, 1.807) is 18.2 Å². The molecule has 24 heteroatoms. The number of anilines is 2. The summed E-state index contributed by atoms with van der Waals surface area (Å²) in [7, 11) is -10.4. The Balaban J connectivity index is 1.26. The van der Waals surface area contributed by atoms with E-state index >= 15 is 0 Å². The van der Waals surface area contributed by atoms with Crippen LogP contribution in [-0.4, -0.2) is 131 Å². The van der Waals surface area contributed by atoms with Crippen LogP contribution in [0, 0.1) is 6.08 Å². The Morgan fingerprint density at radius 1 is 0.658 bits per heavy atom. The van der Waals surface area contributed by atoms with Gasteiger partial charge in [0, 0.05) is 66.7 Å². The summed E-state index contributed by atoms with van der Waals surface area (Å²) < 4.78 is 107. The standard InChI is InChI=1S/C52H76F3N4O13SSi3/c1-34(2)76(35(3)4,36(5)6)72-47-28-39-42(59(33-68-23-25-75(11,12)13)51(63)43-26-37(31-57(43)49(39)61)71-73(64,65)52(53,54)55)30-46(47)70-21-16-14-15-20-69-45-29-41-38(27-44(45)66-7)48(60)56-19-17-18-40(56)50(62)58(41)32-67-22-24-74(8,9)10/h19,27-31,34-36,40,43H,14-16,18,20-26,32-33H2,1-13H3/t40-,43-/m0/s1. The van der Waals surface area contributed by atoms with Gasteiger partial charge in [-0.2, -0.15) is 21.6 Å². The molecule has 421 valence electrons. The second-order valence-corrected chi connectivity index (χ2v) is 41.2. The summed E-state index contributed by atoms with van der Waals surface area (Å²) in [5, 5.41) is 0. The van der Waals surface area contributed by atoms with Gasteiger partial charge in [0.15, 0.2) is 17.2 Å². The summed E-state index contributed by atoms with van der Waals surface area (Å²) in [5.74, 6) is -1.70. The molecule has 0 fully saturated rings. The zero-order chi connectivity index (χ0) is 56.3. The second-order valence-electron chi connectivity index (χ2n) is 23.0. The molecule has 0 saturated heterocycles. The number of benzene rings is 2. The third-order valence-corrected chi connectivity index (χ3v) is 24.5. The number of nitrogens with zero attached hydrogens (tertiary/aromatic N) is 4. The van der Waals surface area contributed by atoms with E-state index in [9.17, 15) is 40.8 Å². The van der Waals surface area contributed by atoms with Crippen LogP contribution in [0.4, 0.5) is 24.5 Å². The average molecular weight is 1140 g/mol. The number of rotatable bonds is 26. The first-order valence-corrected chi connectivity index (χ1v) is 36.9. The van der Waals surface area contributed by atoms with Crippen LogP contribution in [0.25, 0.3) is 0 Å². The van der Waals surface area contributed by atoms with Crippen molar-refractivity contribution in [2.45, 2.75) is 159 Å². The van der Waals surface area contributed by atoms with Crippen LogP contribution in [0.5, 0.6) is 23.0 Å². The fourth-order valence-corrected chi connectivity index (χ4v) is 17.2. The van der Waals surface area contributed by atoms with Crippen molar-refractivity contribution in [2.75, 3.05) is 56.8 Å². The number of carbonyl (C=O) groups is 4. The van der Waals surface area contributed by atoms with Crippen LogP contribution in [0.3, 0.4) is 0 Å². The van der Waals surface area contributed by atoms with Crippen LogP contribution in [0.2, 0.25) is 68.0 Å². The lowest BCUT2D eigenvalue weighted by Crippen LogP contribution is -2.50. The van der Waals surface area contributed by atoms with Crippen LogP contribution < -0.4 is 28.4 Å². The molecule has 0 N–H and O–H groups in total. The third-order valence-electron chi connectivity index (χ3n) is 14.1. The lowest BCUT2D eigenvalue weighted by molar-refractivity contribution is -0.123. The van der Waals surface area contributed by atoms with Crippen molar-refractivity contribution in [2.24, 2.45) is 0 Å². The van der Waals surface area contributed by atoms with Gasteiger partial charge in [-0.3, -0.25) is 33.9 Å². The predicted octanol–water partition coefficient (Wildman–Crippen LogP) is 10.6. The maximum atomic E-state index is 14.7. The molecular formula is C52H76F3N4O13SSi3. The Morgan fingerprint density at radius 3 is 1.61 bits per heavy atom. The molecule has 0 spiro atoms. The molecule has 4 aliphatic rings. The molecular weight excluding hydrogens is 1060 g/mol. The van der Waals surface area contributed by atoms with Crippen molar-refractivity contribution >= 4 is 69.6 Å². The molecule has 0 bridgehead atoms. The Morgan fingerprint density at radius 2 is 1.13 bits per heavy atom. The lowest BCUT2D eigenvalue weighted by Gasteiger charge is -2.42. The number of fused-ring (bicyclic) bond motifs is 4. The molecule has 0 aliphatic carbocycles. The quantitative estimate of drug-likeness (QED) is 0.0376. The topological polar surface area (TPSA) is 180 Å². The minimum Gasteiger partial charge on any atom is -0.540 e. The second kappa shape index (κ2) is 24.0. The van der Waals surface area contributed by atoms with Gasteiger partial charge < -0.3 is 37.2 Å². The van der Waals surface area contributed by atoms with Gasteiger partial charge in [-0.25, -0.2) is 0 Å². The van der Waals surface area contributed by atoms with Gasteiger partial charge in [0.2, 0.25) is 0 Å². The molecule has 76 heavy (non-hydrogen) atoms. The van der Waals surface area contributed by atoms with Gasteiger partial charge in [0.25, 0.3) is 31.9 Å².